The Hall–Kier alpha value is -2.27. The quantitative estimate of drug-likeness (QED) is 0.592. The van der Waals surface area contributed by atoms with Crippen LogP contribution in [0.25, 0.3) is 0 Å². The van der Waals surface area contributed by atoms with E-state index in [-0.39, 0.29) is 11.2 Å². The molecule has 0 aliphatic heterocycles. The summed E-state index contributed by atoms with van der Waals surface area (Å²) < 4.78 is 0. The standard InChI is InChI=1S/C21H25NO3S/c1-15(21(24)25)22-20(23)18(14-17-10-6-3-7-11-17)19(26)13-12-16-8-4-2-5-9-16/h2-11,15,18-19,26H,12-14H2,1H3,(H,22,23)(H,24,25)/t15-,18?,19?/m0/s1. The maximum absolute atomic E-state index is 12.7. The van der Waals surface area contributed by atoms with Gasteiger partial charge in [0.15, 0.2) is 0 Å². The van der Waals surface area contributed by atoms with Gasteiger partial charge in [0.2, 0.25) is 5.91 Å². The summed E-state index contributed by atoms with van der Waals surface area (Å²) in [6.45, 7) is 1.47. The molecule has 0 aromatic heterocycles. The summed E-state index contributed by atoms with van der Waals surface area (Å²) in [6.07, 6.45) is 2.09. The van der Waals surface area contributed by atoms with Gasteiger partial charge in [-0.15, -0.1) is 0 Å². The van der Waals surface area contributed by atoms with Gasteiger partial charge in [-0.2, -0.15) is 12.6 Å². The fraction of sp³-hybridized carbons (Fsp3) is 0.333. The number of nitrogens with one attached hydrogen (secondary N) is 1. The van der Waals surface area contributed by atoms with E-state index >= 15 is 0 Å². The van der Waals surface area contributed by atoms with E-state index < -0.39 is 17.9 Å². The average Bonchev–Trinajstić information content (AvgIpc) is 2.65. The maximum Gasteiger partial charge on any atom is 0.325 e. The summed E-state index contributed by atoms with van der Waals surface area (Å²) in [4.78, 5) is 23.8. The number of hydrogen-bond donors (Lipinski definition) is 3. The Labute approximate surface area is 160 Å². The largest absolute Gasteiger partial charge is 0.480 e. The number of carbonyl (C=O) groups excluding carboxylic acids is 1. The summed E-state index contributed by atoms with van der Waals surface area (Å²) in [5, 5.41) is 11.5. The van der Waals surface area contributed by atoms with Crippen molar-refractivity contribution in [2.24, 2.45) is 5.92 Å². The molecule has 138 valence electrons. The Morgan fingerprint density at radius 1 is 1.00 bits per heavy atom. The van der Waals surface area contributed by atoms with Crippen molar-refractivity contribution in [3.8, 4) is 0 Å². The number of aliphatic carboxylic acids is 1. The molecule has 2 rings (SSSR count). The molecule has 5 heteroatoms. The van der Waals surface area contributed by atoms with E-state index in [1.54, 1.807) is 0 Å². The minimum Gasteiger partial charge on any atom is -0.480 e. The van der Waals surface area contributed by atoms with Crippen molar-refractivity contribution in [3.05, 3.63) is 71.8 Å². The highest BCUT2D eigenvalue weighted by molar-refractivity contribution is 7.81. The smallest absolute Gasteiger partial charge is 0.325 e. The second kappa shape index (κ2) is 10.0. The maximum atomic E-state index is 12.7. The van der Waals surface area contributed by atoms with Crippen LogP contribution < -0.4 is 5.32 Å². The lowest BCUT2D eigenvalue weighted by molar-refractivity contribution is -0.141. The zero-order valence-electron chi connectivity index (χ0n) is 14.8. The molecule has 4 nitrogen and oxygen atoms in total. The first-order chi connectivity index (χ1) is 12.5. The van der Waals surface area contributed by atoms with Gasteiger partial charge in [0.1, 0.15) is 6.04 Å². The molecule has 0 fully saturated rings. The van der Waals surface area contributed by atoms with Gasteiger partial charge in [0.05, 0.1) is 5.92 Å². The Morgan fingerprint density at radius 2 is 1.54 bits per heavy atom. The van der Waals surface area contributed by atoms with E-state index in [9.17, 15) is 9.59 Å². The number of carbonyl (C=O) groups is 2. The Bertz CT molecular complexity index is 706. The predicted octanol–water partition coefficient (Wildman–Crippen LogP) is 3.37. The first-order valence-electron chi connectivity index (χ1n) is 8.76. The van der Waals surface area contributed by atoms with Gasteiger partial charge in [-0.05, 0) is 37.3 Å². The van der Waals surface area contributed by atoms with Crippen molar-refractivity contribution in [2.75, 3.05) is 0 Å². The summed E-state index contributed by atoms with van der Waals surface area (Å²) in [5.74, 6) is -1.71. The second-order valence-electron chi connectivity index (χ2n) is 6.46. The van der Waals surface area contributed by atoms with Gasteiger partial charge in [0.25, 0.3) is 0 Å². The predicted molar refractivity (Wildman–Crippen MR) is 106 cm³/mol. The van der Waals surface area contributed by atoms with E-state index in [4.69, 9.17) is 17.7 Å². The number of rotatable bonds is 9. The number of hydrogen-bond acceptors (Lipinski definition) is 3. The van der Waals surface area contributed by atoms with Crippen LogP contribution >= 0.6 is 12.6 Å². The van der Waals surface area contributed by atoms with Crippen molar-refractivity contribution in [1.82, 2.24) is 5.32 Å². The van der Waals surface area contributed by atoms with Crippen LogP contribution in [0.15, 0.2) is 60.7 Å². The molecule has 3 atom stereocenters. The fourth-order valence-electron chi connectivity index (χ4n) is 2.81. The average molecular weight is 372 g/mol. The van der Waals surface area contributed by atoms with Gasteiger partial charge in [0, 0.05) is 5.25 Å². The molecule has 1 amide bonds. The Morgan fingerprint density at radius 3 is 2.08 bits per heavy atom. The minimum absolute atomic E-state index is 0.170. The van der Waals surface area contributed by atoms with Crippen LogP contribution in [0.2, 0.25) is 0 Å². The molecule has 0 bridgehead atoms. The second-order valence-corrected chi connectivity index (χ2v) is 7.12. The highest BCUT2D eigenvalue weighted by atomic mass is 32.1. The third kappa shape index (κ3) is 6.23. The molecule has 0 saturated carbocycles. The third-order valence-electron chi connectivity index (χ3n) is 4.40. The normalized spacial score (nSPS) is 14.2. The number of carboxylic acids is 1. The lowest BCUT2D eigenvalue weighted by atomic mass is 9.91. The number of benzene rings is 2. The molecular weight excluding hydrogens is 346 g/mol. The van der Waals surface area contributed by atoms with Crippen molar-refractivity contribution in [1.29, 1.82) is 0 Å². The van der Waals surface area contributed by atoms with E-state index in [1.807, 2.05) is 48.5 Å². The summed E-state index contributed by atoms with van der Waals surface area (Å²) in [7, 11) is 0. The van der Waals surface area contributed by atoms with Gasteiger partial charge in [-0.25, -0.2) is 0 Å². The monoisotopic (exact) mass is 371 g/mol. The van der Waals surface area contributed by atoms with Crippen LogP contribution in [0, 0.1) is 5.92 Å². The molecule has 0 spiro atoms. The van der Waals surface area contributed by atoms with E-state index in [0.717, 1.165) is 18.4 Å². The van der Waals surface area contributed by atoms with Crippen molar-refractivity contribution < 1.29 is 14.7 Å². The molecule has 2 aromatic rings. The van der Waals surface area contributed by atoms with Gasteiger partial charge in [-0.3, -0.25) is 9.59 Å². The first kappa shape index (κ1) is 20.0. The molecular formula is C21H25NO3S. The van der Waals surface area contributed by atoms with E-state index in [2.05, 4.69) is 17.4 Å². The molecule has 0 heterocycles. The number of amides is 1. The fourth-order valence-corrected chi connectivity index (χ4v) is 3.18. The van der Waals surface area contributed by atoms with Crippen LogP contribution in [0.5, 0.6) is 0 Å². The van der Waals surface area contributed by atoms with Crippen molar-refractivity contribution >= 4 is 24.5 Å². The van der Waals surface area contributed by atoms with Gasteiger partial charge >= 0.3 is 5.97 Å². The summed E-state index contributed by atoms with van der Waals surface area (Å²) in [6, 6.07) is 18.9. The van der Waals surface area contributed by atoms with E-state index in [1.165, 1.54) is 12.5 Å². The molecule has 2 N–H and O–H groups in total. The highest BCUT2D eigenvalue weighted by Gasteiger charge is 2.28. The molecule has 0 radical (unpaired) electrons. The summed E-state index contributed by atoms with van der Waals surface area (Å²) >= 11 is 4.69. The molecule has 2 unspecified atom stereocenters. The van der Waals surface area contributed by atoms with Crippen molar-refractivity contribution in [3.63, 3.8) is 0 Å². The van der Waals surface area contributed by atoms with Crippen molar-refractivity contribution in [2.45, 2.75) is 37.5 Å². The van der Waals surface area contributed by atoms with Gasteiger partial charge < -0.3 is 10.4 Å². The molecule has 0 saturated heterocycles. The van der Waals surface area contributed by atoms with Crippen LogP contribution in [0.1, 0.15) is 24.5 Å². The van der Waals surface area contributed by atoms with Crippen LogP contribution in [0.3, 0.4) is 0 Å². The molecule has 2 aromatic carbocycles. The topological polar surface area (TPSA) is 66.4 Å². The van der Waals surface area contributed by atoms with Crippen LogP contribution in [0.4, 0.5) is 0 Å². The number of aryl methyl sites for hydroxylation is 1. The van der Waals surface area contributed by atoms with Crippen LogP contribution in [-0.2, 0) is 22.4 Å². The highest BCUT2D eigenvalue weighted by Crippen LogP contribution is 2.22. The Balaban J connectivity index is 2.07. The molecule has 0 aliphatic rings. The van der Waals surface area contributed by atoms with E-state index in [0.29, 0.717) is 6.42 Å². The number of thiol groups is 1. The van der Waals surface area contributed by atoms with Crippen LogP contribution in [-0.4, -0.2) is 28.3 Å². The minimum atomic E-state index is -1.04. The lowest BCUT2D eigenvalue weighted by Crippen LogP contribution is -2.44. The molecule has 26 heavy (non-hydrogen) atoms. The third-order valence-corrected chi connectivity index (χ3v) is 5.02. The first-order valence-corrected chi connectivity index (χ1v) is 9.28. The molecule has 0 aliphatic carbocycles. The van der Waals surface area contributed by atoms with Gasteiger partial charge in [-0.1, -0.05) is 60.7 Å². The zero-order valence-corrected chi connectivity index (χ0v) is 15.7. The Kier molecular flexibility index (Phi) is 7.73. The lowest BCUT2D eigenvalue weighted by Gasteiger charge is -2.24. The number of carboxylic acid groups (broad SMARTS) is 1. The summed E-state index contributed by atoms with van der Waals surface area (Å²) in [5.41, 5.74) is 2.23. The zero-order chi connectivity index (χ0) is 18.9. The SMILES string of the molecule is C[C@H](NC(=O)C(Cc1ccccc1)C(S)CCc1ccccc1)C(=O)O.